The molecule has 10 heteroatoms. The highest BCUT2D eigenvalue weighted by molar-refractivity contribution is 7.47. The molecule has 9 nitrogen and oxygen atoms in total. The first-order valence-corrected chi connectivity index (χ1v) is 36.5. The lowest BCUT2D eigenvalue weighted by Gasteiger charge is -2.19. The van der Waals surface area contributed by atoms with Gasteiger partial charge in [0.15, 0.2) is 6.10 Å². The first-order chi connectivity index (χ1) is 42.8. The van der Waals surface area contributed by atoms with Crippen molar-refractivity contribution in [3.8, 4) is 0 Å². The third-order valence-corrected chi connectivity index (χ3v) is 15.4. The zero-order valence-corrected chi connectivity index (χ0v) is 56.3. The van der Waals surface area contributed by atoms with E-state index < -0.39 is 26.5 Å². The molecule has 0 aromatic heterocycles. The van der Waals surface area contributed by atoms with Crippen molar-refractivity contribution in [2.75, 3.05) is 26.4 Å². The third-order valence-electron chi connectivity index (χ3n) is 14.4. The van der Waals surface area contributed by atoms with E-state index in [9.17, 15) is 19.0 Å². The summed E-state index contributed by atoms with van der Waals surface area (Å²) < 4.78 is 33.1. The van der Waals surface area contributed by atoms with Gasteiger partial charge in [0.2, 0.25) is 0 Å². The Hall–Kier alpha value is -4.37. The Kier molecular flexibility index (Phi) is 67.2. The molecule has 0 aromatic rings. The molecule has 0 saturated heterocycles. The van der Waals surface area contributed by atoms with Crippen LogP contribution in [-0.4, -0.2) is 49.3 Å². The molecule has 0 saturated carbocycles. The number of unbranched alkanes of at least 4 members (excludes halogenated alkanes) is 25. The average Bonchev–Trinajstić information content (AvgIpc) is 3.64. The van der Waals surface area contributed by atoms with Gasteiger partial charge in [0.25, 0.3) is 0 Å². The Labute approximate surface area is 534 Å². The maximum atomic E-state index is 12.8. The highest BCUT2D eigenvalue weighted by atomic mass is 31.2. The molecule has 2 unspecified atom stereocenters. The molecule has 0 bridgehead atoms. The molecule has 0 spiro atoms. The monoisotopic (exact) mass is 1230 g/mol. The van der Waals surface area contributed by atoms with Crippen molar-refractivity contribution < 1.29 is 37.6 Å². The quantitative estimate of drug-likeness (QED) is 0.0264. The summed E-state index contributed by atoms with van der Waals surface area (Å²) in [6, 6.07) is 0. The van der Waals surface area contributed by atoms with Crippen molar-refractivity contribution in [2.24, 2.45) is 5.73 Å². The smallest absolute Gasteiger partial charge is 0.462 e. The van der Waals surface area contributed by atoms with Gasteiger partial charge in [0.05, 0.1) is 13.2 Å². The van der Waals surface area contributed by atoms with Crippen LogP contribution < -0.4 is 5.73 Å². The number of hydrogen-bond donors (Lipinski definition) is 2. The molecule has 0 fully saturated rings. The van der Waals surface area contributed by atoms with Crippen LogP contribution in [0.3, 0.4) is 0 Å². The second kappa shape index (κ2) is 70.7. The van der Waals surface area contributed by atoms with Crippen LogP contribution in [-0.2, 0) is 32.7 Å². The van der Waals surface area contributed by atoms with E-state index in [1.54, 1.807) is 0 Å². The van der Waals surface area contributed by atoms with Gasteiger partial charge < -0.3 is 20.1 Å². The standard InChI is InChI=1S/C77H128NO8P/c1-3-5-7-9-11-13-15-17-19-21-23-25-27-29-31-32-33-34-35-36-37-38-39-40-41-42-44-46-48-50-52-54-56-58-60-62-64-66-68-70-77(80)86-75(74-85-87(81,82)84-72-71-78)73-83-76(79)69-67-65-63-61-59-57-55-53-51-49-47-45-43-30-28-26-24-22-20-18-16-14-12-10-8-6-4-2/h5,7,11,13,16-19,22-25,29,31,33-34,36-37,39-40,42,44,48,50,54,56,75H,3-4,6,8-10,12,14-15,20-21,26-28,30,32,35,38,41,43,45-47,49,51-53,55,57-74,78H2,1-2H3,(H,81,82)/b7-5-,13-11-,18-16-,19-17-,24-22-,25-23-,31-29-,34-33-,37-36-,40-39-,44-42-,50-48-,56-54-. The van der Waals surface area contributed by atoms with Crippen LogP contribution in [0.2, 0.25) is 0 Å². The summed E-state index contributed by atoms with van der Waals surface area (Å²) in [6.07, 6.45) is 103. The molecule has 0 amide bonds. The van der Waals surface area contributed by atoms with Crippen LogP contribution in [0.1, 0.15) is 284 Å². The predicted octanol–water partition coefficient (Wildman–Crippen LogP) is 23.2. The number of esters is 2. The molecule has 0 radical (unpaired) electrons. The first-order valence-electron chi connectivity index (χ1n) is 35.0. The number of ether oxygens (including phenoxy) is 2. The van der Waals surface area contributed by atoms with Gasteiger partial charge in [-0.05, 0) is 128 Å². The van der Waals surface area contributed by atoms with E-state index in [4.69, 9.17) is 24.3 Å². The second-order valence-corrected chi connectivity index (χ2v) is 24.1. The Bertz CT molecular complexity index is 1980. The fourth-order valence-electron chi connectivity index (χ4n) is 9.26. The molecule has 0 rings (SSSR count). The van der Waals surface area contributed by atoms with Crippen molar-refractivity contribution in [2.45, 2.75) is 290 Å². The van der Waals surface area contributed by atoms with Crippen LogP contribution in [0.4, 0.5) is 0 Å². The van der Waals surface area contributed by atoms with Gasteiger partial charge in [-0.15, -0.1) is 0 Å². The zero-order valence-electron chi connectivity index (χ0n) is 55.4. The lowest BCUT2D eigenvalue weighted by atomic mass is 10.0. The number of carbonyl (C=O) groups is 2. The third kappa shape index (κ3) is 70.6. The number of allylic oxidation sites excluding steroid dienone is 26. The SMILES string of the molecule is CC/C=C\C/C=C\C/C=C\C/C=C\C/C=C\C/C=C\C/C=C\C/C=C\C/C=C\C/C=C\C/C=C\CCCCCCCC(=O)OC(COC(=O)CCCCCCCCCCCCCCCCC/C=C\C/C=C\CCCCCCC)COP(=O)(O)OCCN. The lowest BCUT2D eigenvalue weighted by Crippen LogP contribution is -2.29. The highest BCUT2D eigenvalue weighted by Crippen LogP contribution is 2.43. The molecule has 0 aliphatic carbocycles. The Morgan fingerprint density at radius 1 is 0.356 bits per heavy atom. The van der Waals surface area contributed by atoms with Crippen LogP contribution in [0.15, 0.2) is 158 Å². The van der Waals surface area contributed by atoms with Gasteiger partial charge in [0.1, 0.15) is 6.61 Å². The summed E-state index contributed by atoms with van der Waals surface area (Å²) in [5, 5.41) is 0. The minimum Gasteiger partial charge on any atom is -0.462 e. The van der Waals surface area contributed by atoms with E-state index in [0.29, 0.717) is 6.42 Å². The van der Waals surface area contributed by atoms with Gasteiger partial charge in [-0.2, -0.15) is 0 Å². The summed E-state index contributed by atoms with van der Waals surface area (Å²) in [4.78, 5) is 35.3. The van der Waals surface area contributed by atoms with Gasteiger partial charge in [0, 0.05) is 19.4 Å². The number of phosphoric acid groups is 1. The van der Waals surface area contributed by atoms with Gasteiger partial charge in [-0.25, -0.2) is 4.57 Å². The Morgan fingerprint density at radius 2 is 0.632 bits per heavy atom. The molecule has 3 N–H and O–H groups in total. The van der Waals surface area contributed by atoms with Crippen molar-refractivity contribution in [3.63, 3.8) is 0 Å². The van der Waals surface area contributed by atoms with Crippen molar-refractivity contribution in [1.29, 1.82) is 0 Å². The fraction of sp³-hybridized carbons (Fsp3) is 0.636. The van der Waals surface area contributed by atoms with E-state index in [1.165, 1.54) is 122 Å². The number of nitrogens with two attached hydrogens (primary N) is 1. The van der Waals surface area contributed by atoms with Crippen LogP contribution in [0.25, 0.3) is 0 Å². The van der Waals surface area contributed by atoms with Crippen LogP contribution in [0, 0.1) is 0 Å². The Morgan fingerprint density at radius 3 is 0.943 bits per heavy atom. The van der Waals surface area contributed by atoms with Gasteiger partial charge in [-0.3, -0.25) is 18.6 Å². The number of carbonyl (C=O) groups excluding carboxylic acids is 2. The minimum absolute atomic E-state index is 0.0427. The molecule has 87 heavy (non-hydrogen) atoms. The molecule has 0 aromatic carbocycles. The summed E-state index contributed by atoms with van der Waals surface area (Å²) in [7, 11) is -4.41. The van der Waals surface area contributed by atoms with Crippen molar-refractivity contribution >= 4 is 19.8 Å². The summed E-state index contributed by atoms with van der Waals surface area (Å²) in [5.74, 6) is -0.854. The minimum atomic E-state index is -4.41. The predicted molar refractivity (Wildman–Crippen MR) is 376 cm³/mol. The van der Waals surface area contributed by atoms with E-state index in [-0.39, 0.29) is 38.6 Å². The maximum absolute atomic E-state index is 12.8. The first kappa shape index (κ1) is 82.6. The highest BCUT2D eigenvalue weighted by Gasteiger charge is 2.26. The van der Waals surface area contributed by atoms with E-state index in [1.807, 2.05) is 0 Å². The summed E-state index contributed by atoms with van der Waals surface area (Å²) >= 11 is 0. The van der Waals surface area contributed by atoms with Crippen LogP contribution in [0.5, 0.6) is 0 Å². The largest absolute Gasteiger partial charge is 0.472 e. The summed E-state index contributed by atoms with van der Waals surface area (Å²) in [6.45, 7) is 3.60. The number of phosphoric ester groups is 1. The topological polar surface area (TPSA) is 134 Å². The van der Waals surface area contributed by atoms with Crippen molar-refractivity contribution in [1.82, 2.24) is 0 Å². The Balaban J connectivity index is 4.01. The molecular formula is C77H128NO8P. The molecule has 2 atom stereocenters. The van der Waals surface area contributed by atoms with Gasteiger partial charge >= 0.3 is 19.8 Å². The fourth-order valence-corrected chi connectivity index (χ4v) is 10.0. The van der Waals surface area contributed by atoms with Crippen LogP contribution >= 0.6 is 7.82 Å². The molecular weight excluding hydrogens is 1100 g/mol. The molecule has 0 aliphatic heterocycles. The maximum Gasteiger partial charge on any atom is 0.472 e. The van der Waals surface area contributed by atoms with E-state index in [2.05, 4.69) is 172 Å². The average molecular weight is 1230 g/mol. The summed E-state index contributed by atoms with van der Waals surface area (Å²) in [5.41, 5.74) is 5.40. The van der Waals surface area contributed by atoms with E-state index >= 15 is 0 Å². The van der Waals surface area contributed by atoms with E-state index in [0.717, 1.165) is 128 Å². The second-order valence-electron chi connectivity index (χ2n) is 22.7. The number of hydrogen-bond acceptors (Lipinski definition) is 8. The molecule has 494 valence electrons. The van der Waals surface area contributed by atoms with Crippen molar-refractivity contribution in [3.05, 3.63) is 158 Å². The molecule has 0 aliphatic rings. The zero-order chi connectivity index (χ0) is 63.0. The number of rotatable bonds is 64. The molecule has 0 heterocycles. The van der Waals surface area contributed by atoms with Gasteiger partial charge in [-0.1, -0.05) is 300 Å². The normalized spacial score (nSPS) is 13.9. The lowest BCUT2D eigenvalue weighted by molar-refractivity contribution is -0.161.